The van der Waals surface area contributed by atoms with Gasteiger partial charge in [0.15, 0.2) is 5.82 Å². The molecule has 3 aromatic rings. The molecule has 0 saturated carbocycles. The minimum atomic E-state index is -0.592. The number of carbonyl (C=O) groups excluding carboxylic acids is 1. The van der Waals surface area contributed by atoms with E-state index in [4.69, 9.17) is 16.2 Å². The number of anilines is 2. The second-order valence-electron chi connectivity index (χ2n) is 6.49. The summed E-state index contributed by atoms with van der Waals surface area (Å²) in [4.78, 5) is 31.4. The number of allylic oxidation sites excluding steroid dienone is 3. The van der Waals surface area contributed by atoms with Crippen LogP contribution in [0.3, 0.4) is 0 Å². The largest absolute Gasteiger partial charge is 0.490 e. The molecular formula is C21H19N5O3S. The van der Waals surface area contributed by atoms with E-state index in [1.54, 1.807) is 30.4 Å². The predicted molar refractivity (Wildman–Crippen MR) is 119 cm³/mol. The van der Waals surface area contributed by atoms with Gasteiger partial charge in [0.1, 0.15) is 17.2 Å². The number of rotatable bonds is 5. The van der Waals surface area contributed by atoms with Crippen LogP contribution in [-0.2, 0) is 0 Å². The molecule has 3 heterocycles. The first-order valence-corrected chi connectivity index (χ1v) is 9.88. The molecule has 0 fully saturated rings. The van der Waals surface area contributed by atoms with Crippen LogP contribution in [0.2, 0.25) is 0 Å². The lowest BCUT2D eigenvalue weighted by Crippen LogP contribution is -2.32. The Morgan fingerprint density at radius 3 is 2.80 bits per heavy atom. The van der Waals surface area contributed by atoms with Crippen LogP contribution in [0.1, 0.15) is 9.67 Å². The van der Waals surface area contributed by atoms with Crippen LogP contribution >= 0.6 is 11.3 Å². The molecule has 152 valence electrons. The van der Waals surface area contributed by atoms with Gasteiger partial charge in [-0.15, -0.1) is 11.3 Å². The van der Waals surface area contributed by atoms with Crippen LogP contribution < -0.4 is 26.7 Å². The molecular weight excluding hydrogens is 402 g/mol. The first kappa shape index (κ1) is 19.5. The Morgan fingerprint density at radius 2 is 2.10 bits per heavy atom. The van der Waals surface area contributed by atoms with Crippen molar-refractivity contribution in [3.8, 4) is 11.4 Å². The number of thiophene rings is 1. The topological polar surface area (TPSA) is 116 Å². The van der Waals surface area contributed by atoms with E-state index in [-0.39, 0.29) is 5.82 Å². The fraction of sp³-hybridized carbons (Fsp3) is 0.0952. The molecule has 30 heavy (non-hydrogen) atoms. The maximum atomic E-state index is 12.9. The summed E-state index contributed by atoms with van der Waals surface area (Å²) in [7, 11) is 0. The highest BCUT2D eigenvalue weighted by Crippen LogP contribution is 2.36. The van der Waals surface area contributed by atoms with E-state index in [0.29, 0.717) is 39.8 Å². The van der Waals surface area contributed by atoms with Crippen molar-refractivity contribution in [1.29, 1.82) is 0 Å². The molecule has 1 amide bonds. The number of primary amides is 1. The van der Waals surface area contributed by atoms with Crippen molar-refractivity contribution in [3.63, 3.8) is 0 Å². The molecule has 0 bridgehead atoms. The normalized spacial score (nSPS) is 13.6. The number of benzene rings is 1. The fourth-order valence-electron chi connectivity index (χ4n) is 3.37. The summed E-state index contributed by atoms with van der Waals surface area (Å²) >= 11 is 1.09. The van der Waals surface area contributed by atoms with Gasteiger partial charge in [-0.2, -0.15) is 0 Å². The Kier molecular flexibility index (Phi) is 4.88. The summed E-state index contributed by atoms with van der Waals surface area (Å²) in [6.45, 7) is 8.74. The molecule has 0 saturated heterocycles. The first-order valence-electron chi connectivity index (χ1n) is 9.06. The van der Waals surface area contributed by atoms with Gasteiger partial charge in [-0.3, -0.25) is 14.2 Å². The van der Waals surface area contributed by atoms with E-state index < -0.39 is 11.5 Å². The van der Waals surface area contributed by atoms with Crippen molar-refractivity contribution in [2.45, 2.75) is 0 Å². The zero-order valence-electron chi connectivity index (χ0n) is 16.0. The number of carbonyl (C=O) groups is 1. The maximum absolute atomic E-state index is 12.9. The van der Waals surface area contributed by atoms with Crippen molar-refractivity contribution in [2.24, 2.45) is 5.73 Å². The third-order valence-electron chi connectivity index (χ3n) is 4.69. The monoisotopic (exact) mass is 421 g/mol. The number of nitrogens with zero attached hydrogens (tertiary/aromatic N) is 3. The van der Waals surface area contributed by atoms with Crippen molar-refractivity contribution in [3.05, 3.63) is 76.6 Å². The molecule has 9 heteroatoms. The number of fused-ring (bicyclic) bond motifs is 2. The van der Waals surface area contributed by atoms with Crippen molar-refractivity contribution in [2.75, 3.05) is 23.8 Å². The second kappa shape index (κ2) is 7.53. The Labute approximate surface area is 176 Å². The van der Waals surface area contributed by atoms with Crippen LogP contribution in [-0.4, -0.2) is 28.6 Å². The maximum Gasteiger partial charge on any atom is 0.298 e. The lowest BCUT2D eigenvalue weighted by atomic mass is 10.1. The summed E-state index contributed by atoms with van der Waals surface area (Å²) in [5.41, 5.74) is 13.4. The highest BCUT2D eigenvalue weighted by molar-refractivity contribution is 7.20. The Bertz CT molecular complexity index is 1290. The van der Waals surface area contributed by atoms with E-state index in [0.717, 1.165) is 22.7 Å². The lowest BCUT2D eigenvalue weighted by Gasteiger charge is -2.32. The number of hydrogen-bond acceptors (Lipinski definition) is 7. The first-order chi connectivity index (χ1) is 14.4. The summed E-state index contributed by atoms with van der Waals surface area (Å²) in [5.74, 6) is -0.0772. The number of hydrogen-bond donors (Lipinski definition) is 2. The molecule has 4 N–H and O–H groups in total. The molecule has 0 atom stereocenters. The zero-order valence-corrected chi connectivity index (χ0v) is 16.8. The van der Waals surface area contributed by atoms with Gasteiger partial charge in [0.2, 0.25) is 0 Å². The van der Waals surface area contributed by atoms with E-state index in [2.05, 4.69) is 18.1 Å². The molecule has 2 aromatic heterocycles. The number of amides is 1. The van der Waals surface area contributed by atoms with Gasteiger partial charge in [0.25, 0.3) is 11.5 Å². The molecule has 1 aliphatic rings. The summed E-state index contributed by atoms with van der Waals surface area (Å²) in [5, 5.41) is 0. The van der Waals surface area contributed by atoms with Crippen molar-refractivity contribution in [1.82, 2.24) is 9.55 Å². The van der Waals surface area contributed by atoms with Crippen molar-refractivity contribution >= 4 is 39.1 Å². The molecule has 1 aliphatic heterocycles. The number of aromatic nitrogens is 2. The average Bonchev–Trinajstić information content (AvgIpc) is 3.16. The highest BCUT2D eigenvalue weighted by Gasteiger charge is 2.22. The van der Waals surface area contributed by atoms with Gasteiger partial charge >= 0.3 is 0 Å². The summed E-state index contributed by atoms with van der Waals surface area (Å²) in [6, 6.07) is 6.93. The Hall–Kier alpha value is -3.85. The van der Waals surface area contributed by atoms with Gasteiger partial charge in [-0.05, 0) is 36.4 Å². The van der Waals surface area contributed by atoms with Crippen LogP contribution in [0.5, 0.6) is 5.75 Å². The van der Waals surface area contributed by atoms with Gasteiger partial charge < -0.3 is 21.1 Å². The van der Waals surface area contributed by atoms with Gasteiger partial charge in [-0.25, -0.2) is 4.98 Å². The molecule has 0 aliphatic carbocycles. The standard InChI is InChI=1S/C21H19N5O3S/c1-3-5-12(4-2)25-8-9-29-16-7-6-13(10-14(16)25)26-15-11-17(19(23)27)30-20(15)24-18(22)21(26)28/h3-7,10-11H,1-2,8-9H2,(H2,22,24)(H2,23,27)/b12-5+. The molecule has 0 spiro atoms. The number of nitrogens with two attached hydrogens (primary N) is 2. The SMILES string of the molecule is C=C/C=C(\C=C)N1CCOc2ccc(-n3c(=O)c(N)nc4sc(C(N)=O)cc43)cc21. The van der Waals surface area contributed by atoms with Crippen LogP contribution in [0.4, 0.5) is 11.5 Å². The Morgan fingerprint density at radius 1 is 1.30 bits per heavy atom. The fourth-order valence-corrected chi connectivity index (χ4v) is 4.25. The molecule has 8 nitrogen and oxygen atoms in total. The summed E-state index contributed by atoms with van der Waals surface area (Å²) in [6.07, 6.45) is 5.27. The Balaban J connectivity index is 1.96. The molecule has 0 radical (unpaired) electrons. The number of ether oxygens (including phenoxy) is 1. The molecule has 0 unspecified atom stereocenters. The van der Waals surface area contributed by atoms with Gasteiger partial charge in [0.05, 0.1) is 28.3 Å². The third-order valence-corrected chi connectivity index (χ3v) is 5.73. The average molecular weight is 421 g/mol. The third kappa shape index (κ3) is 3.15. The molecule has 4 rings (SSSR count). The van der Waals surface area contributed by atoms with Gasteiger partial charge in [-0.1, -0.05) is 19.2 Å². The lowest BCUT2D eigenvalue weighted by molar-refractivity contribution is 0.100. The van der Waals surface area contributed by atoms with E-state index >= 15 is 0 Å². The van der Waals surface area contributed by atoms with E-state index in [1.807, 2.05) is 17.0 Å². The molecule has 1 aromatic carbocycles. The predicted octanol–water partition coefficient (Wildman–Crippen LogP) is 2.58. The van der Waals surface area contributed by atoms with Crippen LogP contribution in [0.15, 0.2) is 66.1 Å². The van der Waals surface area contributed by atoms with Crippen LogP contribution in [0, 0.1) is 0 Å². The zero-order chi connectivity index (χ0) is 21.4. The quantitative estimate of drug-likeness (QED) is 0.612. The van der Waals surface area contributed by atoms with E-state index in [1.165, 1.54) is 4.57 Å². The minimum absolute atomic E-state index is 0.162. The number of nitrogen functional groups attached to an aromatic ring is 1. The second-order valence-corrected chi connectivity index (χ2v) is 7.52. The smallest absolute Gasteiger partial charge is 0.298 e. The highest BCUT2D eigenvalue weighted by atomic mass is 32.1. The van der Waals surface area contributed by atoms with Gasteiger partial charge in [0, 0.05) is 5.70 Å². The minimum Gasteiger partial charge on any atom is -0.490 e. The van der Waals surface area contributed by atoms with Crippen LogP contribution in [0.25, 0.3) is 16.0 Å². The van der Waals surface area contributed by atoms with Crippen molar-refractivity contribution < 1.29 is 9.53 Å². The van der Waals surface area contributed by atoms with E-state index in [9.17, 15) is 9.59 Å². The summed E-state index contributed by atoms with van der Waals surface area (Å²) < 4.78 is 7.21.